The molecule has 1 heterocycles. The van der Waals surface area contributed by atoms with Crippen LogP contribution in [0.2, 0.25) is 0 Å². The number of nitrogens with two attached hydrogens (primary N) is 3. The van der Waals surface area contributed by atoms with E-state index in [4.69, 9.17) is 17.2 Å². The molecular formula is C10H25N5. The van der Waals surface area contributed by atoms with Crippen LogP contribution in [0.4, 0.5) is 0 Å². The SMILES string of the molecule is CCC(N)(C(N)CCN)N1CCNCC1. The highest BCUT2D eigenvalue weighted by Gasteiger charge is 2.36. The Morgan fingerprint density at radius 1 is 1.40 bits per heavy atom. The van der Waals surface area contributed by atoms with Crippen LogP contribution in [0, 0.1) is 0 Å². The van der Waals surface area contributed by atoms with E-state index in [2.05, 4.69) is 17.1 Å². The predicted octanol–water partition coefficient (Wildman–Crippen LogP) is -1.37. The zero-order chi connectivity index (χ0) is 11.3. The fraction of sp³-hybridized carbons (Fsp3) is 1.00. The van der Waals surface area contributed by atoms with Gasteiger partial charge in [-0.25, -0.2) is 0 Å². The van der Waals surface area contributed by atoms with Crippen molar-refractivity contribution in [3.8, 4) is 0 Å². The molecular weight excluding hydrogens is 190 g/mol. The highest BCUT2D eigenvalue weighted by Crippen LogP contribution is 2.19. The lowest BCUT2D eigenvalue weighted by molar-refractivity contribution is 0.0488. The quantitative estimate of drug-likeness (QED) is 0.454. The van der Waals surface area contributed by atoms with Gasteiger partial charge in [-0.05, 0) is 19.4 Å². The Kier molecular flexibility index (Phi) is 4.95. The first-order valence-corrected chi connectivity index (χ1v) is 5.85. The molecule has 1 aliphatic rings. The normalized spacial score (nSPS) is 24.8. The third-order valence-electron chi connectivity index (χ3n) is 3.39. The van der Waals surface area contributed by atoms with Crippen LogP contribution in [0.25, 0.3) is 0 Å². The van der Waals surface area contributed by atoms with Crippen molar-refractivity contribution in [3.63, 3.8) is 0 Å². The molecule has 0 saturated carbocycles. The maximum atomic E-state index is 6.42. The molecule has 1 fully saturated rings. The summed E-state index contributed by atoms with van der Waals surface area (Å²) in [7, 11) is 0. The van der Waals surface area contributed by atoms with Gasteiger partial charge in [0.25, 0.3) is 0 Å². The number of rotatable bonds is 5. The zero-order valence-electron chi connectivity index (χ0n) is 9.71. The molecule has 0 aromatic carbocycles. The summed E-state index contributed by atoms with van der Waals surface area (Å²) in [5, 5.41) is 3.32. The van der Waals surface area contributed by atoms with Gasteiger partial charge in [0.05, 0.1) is 5.66 Å². The second-order valence-electron chi connectivity index (χ2n) is 4.27. The molecule has 5 heteroatoms. The first kappa shape index (κ1) is 12.9. The van der Waals surface area contributed by atoms with Crippen molar-refractivity contribution in [1.82, 2.24) is 10.2 Å². The van der Waals surface area contributed by atoms with Gasteiger partial charge < -0.3 is 22.5 Å². The minimum absolute atomic E-state index is 0.0365. The highest BCUT2D eigenvalue weighted by molar-refractivity contribution is 4.94. The fourth-order valence-corrected chi connectivity index (χ4v) is 2.23. The van der Waals surface area contributed by atoms with Gasteiger partial charge in [-0.2, -0.15) is 0 Å². The summed E-state index contributed by atoms with van der Waals surface area (Å²) in [5.74, 6) is 0. The Morgan fingerprint density at radius 2 is 2.00 bits per heavy atom. The Morgan fingerprint density at radius 3 is 2.47 bits per heavy atom. The largest absolute Gasteiger partial charge is 0.330 e. The molecule has 15 heavy (non-hydrogen) atoms. The molecule has 7 N–H and O–H groups in total. The molecule has 0 spiro atoms. The Bertz CT molecular complexity index is 181. The molecule has 90 valence electrons. The van der Waals surface area contributed by atoms with Gasteiger partial charge in [0.15, 0.2) is 0 Å². The van der Waals surface area contributed by atoms with Crippen LogP contribution in [0.15, 0.2) is 0 Å². The van der Waals surface area contributed by atoms with Gasteiger partial charge in [-0.3, -0.25) is 4.90 Å². The van der Waals surface area contributed by atoms with Gasteiger partial charge in [0.2, 0.25) is 0 Å². The standard InChI is InChI=1S/C10H25N5/c1-2-10(13,9(12)3-4-11)15-7-5-14-6-8-15/h9,14H,2-8,11-13H2,1H3. The lowest BCUT2D eigenvalue weighted by atomic mass is 9.93. The number of hydrogen-bond acceptors (Lipinski definition) is 5. The smallest absolute Gasteiger partial charge is 0.0841 e. The van der Waals surface area contributed by atoms with Crippen molar-refractivity contribution >= 4 is 0 Å². The molecule has 2 unspecified atom stereocenters. The number of nitrogens with zero attached hydrogens (tertiary/aromatic N) is 1. The Labute approximate surface area is 92.3 Å². The van der Waals surface area contributed by atoms with Crippen LogP contribution in [0.3, 0.4) is 0 Å². The summed E-state index contributed by atoms with van der Waals surface area (Å²) in [5.41, 5.74) is 17.7. The van der Waals surface area contributed by atoms with Gasteiger partial charge in [0.1, 0.15) is 0 Å². The summed E-state index contributed by atoms with van der Waals surface area (Å²) in [6, 6.07) is -0.0365. The van der Waals surface area contributed by atoms with E-state index in [-0.39, 0.29) is 11.7 Å². The van der Waals surface area contributed by atoms with E-state index in [0.717, 1.165) is 39.0 Å². The summed E-state index contributed by atoms with van der Waals surface area (Å²) >= 11 is 0. The molecule has 0 aromatic heterocycles. The molecule has 1 aliphatic heterocycles. The van der Waals surface area contributed by atoms with Crippen molar-refractivity contribution in [2.75, 3.05) is 32.7 Å². The molecule has 1 rings (SSSR count). The average Bonchev–Trinajstić information content (AvgIpc) is 2.29. The second kappa shape index (κ2) is 5.77. The average molecular weight is 215 g/mol. The third-order valence-corrected chi connectivity index (χ3v) is 3.39. The monoisotopic (exact) mass is 215 g/mol. The second-order valence-corrected chi connectivity index (χ2v) is 4.27. The van der Waals surface area contributed by atoms with Gasteiger partial charge >= 0.3 is 0 Å². The van der Waals surface area contributed by atoms with Crippen molar-refractivity contribution in [2.45, 2.75) is 31.5 Å². The van der Waals surface area contributed by atoms with E-state index < -0.39 is 0 Å². The summed E-state index contributed by atoms with van der Waals surface area (Å²) in [6.07, 6.45) is 1.66. The minimum atomic E-state index is -0.387. The van der Waals surface area contributed by atoms with Crippen molar-refractivity contribution < 1.29 is 0 Å². The molecule has 1 saturated heterocycles. The third kappa shape index (κ3) is 2.89. The van der Waals surface area contributed by atoms with Crippen LogP contribution in [-0.2, 0) is 0 Å². The van der Waals surface area contributed by atoms with Crippen LogP contribution in [0.5, 0.6) is 0 Å². The van der Waals surface area contributed by atoms with E-state index in [1.807, 2.05) is 0 Å². The van der Waals surface area contributed by atoms with E-state index in [1.165, 1.54) is 0 Å². The minimum Gasteiger partial charge on any atom is -0.330 e. The molecule has 0 aromatic rings. The van der Waals surface area contributed by atoms with E-state index >= 15 is 0 Å². The van der Waals surface area contributed by atoms with Gasteiger partial charge in [-0.15, -0.1) is 0 Å². The summed E-state index contributed by atoms with van der Waals surface area (Å²) < 4.78 is 0. The van der Waals surface area contributed by atoms with E-state index in [0.29, 0.717) is 6.54 Å². The summed E-state index contributed by atoms with van der Waals surface area (Å²) in [6.45, 7) is 6.64. The van der Waals surface area contributed by atoms with Gasteiger partial charge in [-0.1, -0.05) is 6.92 Å². The van der Waals surface area contributed by atoms with Gasteiger partial charge in [0, 0.05) is 32.2 Å². The number of nitrogens with one attached hydrogen (secondary N) is 1. The summed E-state index contributed by atoms with van der Waals surface area (Å²) in [4.78, 5) is 2.30. The Hall–Kier alpha value is -0.200. The van der Waals surface area contributed by atoms with Crippen molar-refractivity contribution in [2.24, 2.45) is 17.2 Å². The molecule has 5 nitrogen and oxygen atoms in total. The van der Waals surface area contributed by atoms with Crippen LogP contribution in [0.1, 0.15) is 19.8 Å². The first-order chi connectivity index (χ1) is 7.15. The molecule has 0 radical (unpaired) electrons. The maximum absolute atomic E-state index is 6.42. The van der Waals surface area contributed by atoms with E-state index in [9.17, 15) is 0 Å². The zero-order valence-corrected chi connectivity index (χ0v) is 9.71. The van der Waals surface area contributed by atoms with Crippen molar-refractivity contribution in [1.29, 1.82) is 0 Å². The maximum Gasteiger partial charge on any atom is 0.0841 e. The molecule has 2 atom stereocenters. The molecule has 0 aliphatic carbocycles. The highest BCUT2D eigenvalue weighted by atomic mass is 15.3. The number of piperazine rings is 1. The lowest BCUT2D eigenvalue weighted by Gasteiger charge is -2.46. The topological polar surface area (TPSA) is 93.3 Å². The molecule has 0 amide bonds. The van der Waals surface area contributed by atoms with Crippen molar-refractivity contribution in [3.05, 3.63) is 0 Å². The van der Waals surface area contributed by atoms with Crippen LogP contribution >= 0.6 is 0 Å². The molecule has 0 bridgehead atoms. The van der Waals surface area contributed by atoms with Crippen LogP contribution in [-0.4, -0.2) is 49.3 Å². The first-order valence-electron chi connectivity index (χ1n) is 5.85. The number of hydrogen-bond donors (Lipinski definition) is 4. The van der Waals surface area contributed by atoms with E-state index in [1.54, 1.807) is 0 Å². The predicted molar refractivity (Wildman–Crippen MR) is 63.3 cm³/mol. The fourth-order valence-electron chi connectivity index (χ4n) is 2.23. The van der Waals surface area contributed by atoms with Crippen LogP contribution < -0.4 is 22.5 Å². The lowest BCUT2D eigenvalue weighted by Crippen LogP contribution is -2.69. The Balaban J connectivity index is 2.63.